The van der Waals surface area contributed by atoms with E-state index in [1.54, 1.807) is 29.2 Å². The Balaban J connectivity index is 1.16. The summed E-state index contributed by atoms with van der Waals surface area (Å²) in [5, 5.41) is 10.1. The van der Waals surface area contributed by atoms with Crippen LogP contribution in [-0.4, -0.2) is 44.6 Å². The molecule has 0 bridgehead atoms. The summed E-state index contributed by atoms with van der Waals surface area (Å²) in [6, 6.07) is 17.7. The van der Waals surface area contributed by atoms with Crippen LogP contribution < -0.4 is 5.32 Å². The number of aryl methyl sites for hydroxylation is 1. The van der Waals surface area contributed by atoms with E-state index in [0.29, 0.717) is 24.6 Å². The molecule has 7 nitrogen and oxygen atoms in total. The van der Waals surface area contributed by atoms with Gasteiger partial charge in [0.1, 0.15) is 17.3 Å². The van der Waals surface area contributed by atoms with Gasteiger partial charge in [-0.1, -0.05) is 42.5 Å². The van der Waals surface area contributed by atoms with Gasteiger partial charge in [-0.15, -0.1) is 11.3 Å². The number of hydrogen-bond donors (Lipinski definition) is 1. The van der Waals surface area contributed by atoms with Crippen LogP contribution in [0.4, 0.5) is 10.2 Å². The fraction of sp³-hybridized carbons (Fsp3) is 0.259. The van der Waals surface area contributed by atoms with Crippen LogP contribution in [-0.2, 0) is 18.3 Å². The highest BCUT2D eigenvalue weighted by Gasteiger charge is 2.26. The molecule has 184 valence electrons. The van der Waals surface area contributed by atoms with Gasteiger partial charge in [0.2, 0.25) is 5.91 Å². The maximum Gasteiger partial charge on any atom is 0.276 e. The fourth-order valence-electron chi connectivity index (χ4n) is 4.36. The maximum atomic E-state index is 13.1. The number of halogens is 1. The van der Waals surface area contributed by atoms with Crippen molar-refractivity contribution in [1.82, 2.24) is 19.7 Å². The molecule has 36 heavy (non-hydrogen) atoms. The molecule has 1 N–H and O–H groups in total. The van der Waals surface area contributed by atoms with Gasteiger partial charge in [-0.3, -0.25) is 14.3 Å². The summed E-state index contributed by atoms with van der Waals surface area (Å²) < 4.78 is 14.7. The van der Waals surface area contributed by atoms with Crippen LogP contribution >= 0.6 is 11.3 Å². The van der Waals surface area contributed by atoms with Gasteiger partial charge < -0.3 is 10.2 Å². The standard InChI is InChI=1S/C27H26FN5O2S/c1-32-24(16-22(31-32)19-5-3-2-4-6-19)30-26(35)23-17-36-27(29-23)20-11-13-33(14-12-20)25(34)15-18-7-9-21(28)10-8-18/h2-10,16-17,20H,11-15H2,1H3,(H,30,35). The Kier molecular flexibility index (Phi) is 6.90. The molecule has 2 aromatic heterocycles. The van der Waals surface area contributed by atoms with E-state index in [0.717, 1.165) is 34.7 Å². The molecule has 0 spiro atoms. The van der Waals surface area contributed by atoms with E-state index in [9.17, 15) is 14.0 Å². The summed E-state index contributed by atoms with van der Waals surface area (Å²) in [7, 11) is 1.79. The highest BCUT2D eigenvalue weighted by molar-refractivity contribution is 7.10. The molecule has 0 radical (unpaired) electrons. The lowest BCUT2D eigenvalue weighted by Gasteiger charge is -2.31. The van der Waals surface area contributed by atoms with Crippen LogP contribution in [0.25, 0.3) is 11.3 Å². The summed E-state index contributed by atoms with van der Waals surface area (Å²) in [5.41, 5.74) is 2.95. The molecule has 1 fully saturated rings. The summed E-state index contributed by atoms with van der Waals surface area (Å²) >= 11 is 1.48. The van der Waals surface area contributed by atoms with Gasteiger partial charge in [0, 0.05) is 43.1 Å². The van der Waals surface area contributed by atoms with Gasteiger partial charge >= 0.3 is 0 Å². The predicted octanol–water partition coefficient (Wildman–Crippen LogP) is 4.88. The molecule has 0 saturated carbocycles. The van der Waals surface area contributed by atoms with Crippen molar-refractivity contribution in [2.24, 2.45) is 7.05 Å². The van der Waals surface area contributed by atoms with Gasteiger partial charge in [-0.2, -0.15) is 5.10 Å². The van der Waals surface area contributed by atoms with E-state index in [4.69, 9.17) is 0 Å². The number of carbonyl (C=O) groups excluding carboxylic acids is 2. The van der Waals surface area contributed by atoms with Crippen LogP contribution in [0, 0.1) is 5.82 Å². The minimum Gasteiger partial charge on any atom is -0.342 e. The van der Waals surface area contributed by atoms with E-state index in [2.05, 4.69) is 15.4 Å². The Morgan fingerprint density at radius 1 is 1.08 bits per heavy atom. The zero-order chi connectivity index (χ0) is 25.1. The number of hydrogen-bond acceptors (Lipinski definition) is 5. The first-order valence-electron chi connectivity index (χ1n) is 11.8. The maximum absolute atomic E-state index is 13.1. The van der Waals surface area contributed by atoms with Crippen LogP contribution in [0.5, 0.6) is 0 Å². The number of likely N-dealkylation sites (tertiary alicyclic amines) is 1. The average Bonchev–Trinajstić information content (AvgIpc) is 3.54. The first-order valence-corrected chi connectivity index (χ1v) is 12.7. The van der Waals surface area contributed by atoms with Crippen LogP contribution in [0.1, 0.15) is 39.8 Å². The van der Waals surface area contributed by atoms with Crippen molar-refractivity contribution in [2.75, 3.05) is 18.4 Å². The summed E-state index contributed by atoms with van der Waals surface area (Å²) in [4.78, 5) is 32.0. The third kappa shape index (κ3) is 5.36. The largest absolute Gasteiger partial charge is 0.342 e. The molecule has 9 heteroatoms. The molecule has 0 unspecified atom stereocenters. The normalized spacial score (nSPS) is 14.1. The minimum absolute atomic E-state index is 0.0466. The second kappa shape index (κ2) is 10.4. The summed E-state index contributed by atoms with van der Waals surface area (Å²) in [5.74, 6) is 0.285. The third-order valence-corrected chi connectivity index (χ3v) is 7.42. The van der Waals surface area contributed by atoms with Crippen molar-refractivity contribution >= 4 is 29.0 Å². The van der Waals surface area contributed by atoms with Crippen LogP contribution in [0.15, 0.2) is 66.0 Å². The number of piperidine rings is 1. The van der Waals surface area contributed by atoms with Gasteiger partial charge in [0.05, 0.1) is 17.1 Å². The van der Waals surface area contributed by atoms with Gasteiger partial charge in [0.25, 0.3) is 5.91 Å². The Hall–Kier alpha value is -3.85. The third-order valence-electron chi connectivity index (χ3n) is 6.41. The quantitative estimate of drug-likeness (QED) is 0.407. The lowest BCUT2D eigenvalue weighted by Crippen LogP contribution is -2.38. The number of amides is 2. The van der Waals surface area contributed by atoms with Gasteiger partial charge in [-0.25, -0.2) is 9.37 Å². The second-order valence-corrected chi connectivity index (χ2v) is 9.78. The van der Waals surface area contributed by atoms with Crippen molar-refractivity contribution in [2.45, 2.75) is 25.2 Å². The Morgan fingerprint density at radius 3 is 2.53 bits per heavy atom. The number of anilines is 1. The molecule has 1 saturated heterocycles. The first kappa shape index (κ1) is 23.9. The van der Waals surface area contributed by atoms with E-state index in [-0.39, 0.29) is 30.0 Å². The highest BCUT2D eigenvalue weighted by atomic mass is 32.1. The minimum atomic E-state index is -0.305. The van der Waals surface area contributed by atoms with Crippen molar-refractivity contribution in [3.05, 3.63) is 88.1 Å². The smallest absolute Gasteiger partial charge is 0.276 e. The van der Waals surface area contributed by atoms with Crippen LogP contribution in [0.2, 0.25) is 0 Å². The number of aromatic nitrogens is 3. The molecule has 3 heterocycles. The monoisotopic (exact) mass is 503 g/mol. The Labute approximate surface area is 212 Å². The average molecular weight is 504 g/mol. The first-order chi connectivity index (χ1) is 17.5. The molecular formula is C27H26FN5O2S. The molecule has 1 aliphatic rings. The fourth-order valence-corrected chi connectivity index (χ4v) is 5.33. The lowest BCUT2D eigenvalue weighted by atomic mass is 9.97. The summed E-state index contributed by atoms with van der Waals surface area (Å²) in [6.07, 6.45) is 1.87. The topological polar surface area (TPSA) is 80.1 Å². The number of rotatable bonds is 6. The number of thiazole rings is 1. The Morgan fingerprint density at radius 2 is 1.81 bits per heavy atom. The van der Waals surface area contributed by atoms with E-state index >= 15 is 0 Å². The molecule has 1 aliphatic heterocycles. The van der Waals surface area contributed by atoms with E-state index in [1.807, 2.05) is 41.3 Å². The van der Waals surface area contributed by atoms with Gasteiger partial charge in [0.15, 0.2) is 0 Å². The zero-order valence-corrected chi connectivity index (χ0v) is 20.7. The number of nitrogens with zero attached hydrogens (tertiary/aromatic N) is 4. The number of benzene rings is 2. The van der Waals surface area contributed by atoms with E-state index in [1.165, 1.54) is 23.5 Å². The number of carbonyl (C=O) groups is 2. The lowest BCUT2D eigenvalue weighted by molar-refractivity contribution is -0.131. The predicted molar refractivity (Wildman–Crippen MR) is 137 cm³/mol. The SMILES string of the molecule is Cn1nc(-c2ccccc2)cc1NC(=O)c1csc(C2CCN(C(=O)Cc3ccc(F)cc3)CC2)n1. The molecule has 0 aliphatic carbocycles. The molecular weight excluding hydrogens is 477 g/mol. The highest BCUT2D eigenvalue weighted by Crippen LogP contribution is 2.31. The number of nitrogens with one attached hydrogen (secondary N) is 1. The second-order valence-electron chi connectivity index (χ2n) is 8.89. The van der Waals surface area contributed by atoms with Crippen molar-refractivity contribution < 1.29 is 14.0 Å². The van der Waals surface area contributed by atoms with Crippen molar-refractivity contribution in [3.8, 4) is 11.3 Å². The van der Waals surface area contributed by atoms with Crippen molar-refractivity contribution in [1.29, 1.82) is 0 Å². The molecule has 0 atom stereocenters. The summed E-state index contributed by atoms with van der Waals surface area (Å²) in [6.45, 7) is 1.28. The van der Waals surface area contributed by atoms with Gasteiger partial charge in [-0.05, 0) is 30.5 Å². The molecule has 2 aromatic carbocycles. The molecule has 4 aromatic rings. The zero-order valence-electron chi connectivity index (χ0n) is 19.9. The van der Waals surface area contributed by atoms with Crippen molar-refractivity contribution in [3.63, 3.8) is 0 Å². The van der Waals surface area contributed by atoms with Crippen LogP contribution in [0.3, 0.4) is 0 Å². The molecule has 2 amide bonds. The Bertz CT molecular complexity index is 1360. The molecule has 5 rings (SSSR count). The van der Waals surface area contributed by atoms with E-state index < -0.39 is 0 Å².